The smallest absolute Gasteiger partial charge is 0.254 e. The van der Waals surface area contributed by atoms with Crippen molar-refractivity contribution in [1.29, 1.82) is 0 Å². The van der Waals surface area contributed by atoms with Gasteiger partial charge in [-0.25, -0.2) is 0 Å². The third-order valence-corrected chi connectivity index (χ3v) is 5.70. The van der Waals surface area contributed by atoms with Gasteiger partial charge in [0.15, 0.2) is 6.10 Å². The number of carbonyl (C=O) groups is 1. The topological polar surface area (TPSA) is 121 Å². The molecule has 25 heavy (non-hydrogen) atoms. The Balaban J connectivity index is 2.12. The van der Waals surface area contributed by atoms with Crippen LogP contribution in [0.1, 0.15) is 64.2 Å². The lowest BCUT2D eigenvalue weighted by Gasteiger charge is -2.43. The fourth-order valence-corrected chi connectivity index (χ4v) is 4.20. The van der Waals surface area contributed by atoms with E-state index in [1.807, 2.05) is 0 Å². The van der Waals surface area contributed by atoms with Gasteiger partial charge < -0.3 is 30.4 Å². The Morgan fingerprint density at radius 2 is 1.24 bits per heavy atom. The zero-order chi connectivity index (χ0) is 18.4. The number of aliphatic hydroxyl groups is 5. The van der Waals surface area contributed by atoms with Gasteiger partial charge in [-0.1, -0.05) is 38.5 Å². The minimum atomic E-state index is -1.83. The normalized spacial score (nSPS) is 25.2. The predicted molar refractivity (Wildman–Crippen MR) is 91.7 cm³/mol. The summed E-state index contributed by atoms with van der Waals surface area (Å²) in [6.07, 6.45) is 3.06. The second kappa shape index (κ2) is 9.83. The molecule has 2 aliphatic rings. The molecule has 2 saturated carbocycles. The lowest BCUT2D eigenvalue weighted by Crippen LogP contribution is -2.57. The first kappa shape index (κ1) is 20.6. The third-order valence-electron chi connectivity index (χ3n) is 5.70. The molecule has 146 valence electrons. The Labute approximate surface area is 149 Å². The lowest BCUT2D eigenvalue weighted by molar-refractivity contribution is -0.164. The van der Waals surface area contributed by atoms with Crippen LogP contribution in [0.25, 0.3) is 0 Å². The molecule has 0 spiro atoms. The maximum Gasteiger partial charge on any atom is 0.254 e. The van der Waals surface area contributed by atoms with Crippen LogP contribution >= 0.6 is 0 Å². The minimum Gasteiger partial charge on any atom is -0.394 e. The van der Waals surface area contributed by atoms with Crippen LogP contribution in [0.5, 0.6) is 0 Å². The summed E-state index contributed by atoms with van der Waals surface area (Å²) in [5, 5.41) is 48.6. The van der Waals surface area contributed by atoms with E-state index in [1.54, 1.807) is 4.90 Å². The first-order valence-electron chi connectivity index (χ1n) is 9.62. The Hall–Kier alpha value is -0.730. The van der Waals surface area contributed by atoms with Crippen molar-refractivity contribution in [2.75, 3.05) is 6.61 Å². The predicted octanol–water partition coefficient (Wildman–Crippen LogP) is -0.0837. The van der Waals surface area contributed by atoms with Crippen LogP contribution < -0.4 is 0 Å². The minimum absolute atomic E-state index is 0.0612. The highest BCUT2D eigenvalue weighted by molar-refractivity contribution is 5.82. The SMILES string of the molecule is O=C([C@@H](O)[C@@H](O)[C@H](O)[C@H](O)CO)N(C1CCCCC1)C1CCCCC1. The van der Waals surface area contributed by atoms with Crippen molar-refractivity contribution in [3.05, 3.63) is 0 Å². The van der Waals surface area contributed by atoms with Gasteiger partial charge in [-0.2, -0.15) is 0 Å². The Morgan fingerprint density at radius 1 is 0.800 bits per heavy atom. The number of hydrogen-bond donors (Lipinski definition) is 5. The summed E-state index contributed by atoms with van der Waals surface area (Å²) in [6.45, 7) is -0.756. The van der Waals surface area contributed by atoms with E-state index in [0.29, 0.717) is 0 Å². The van der Waals surface area contributed by atoms with E-state index >= 15 is 0 Å². The molecule has 0 saturated heterocycles. The number of carbonyl (C=O) groups excluding carboxylic acids is 1. The fraction of sp³-hybridized carbons (Fsp3) is 0.944. The monoisotopic (exact) mass is 359 g/mol. The molecule has 2 rings (SSSR count). The van der Waals surface area contributed by atoms with Crippen LogP contribution in [0, 0.1) is 0 Å². The van der Waals surface area contributed by atoms with Crippen LogP contribution in [-0.2, 0) is 4.79 Å². The van der Waals surface area contributed by atoms with Gasteiger partial charge in [0.1, 0.15) is 18.3 Å². The van der Waals surface area contributed by atoms with E-state index in [0.717, 1.165) is 64.2 Å². The van der Waals surface area contributed by atoms with E-state index in [1.165, 1.54) is 0 Å². The summed E-state index contributed by atoms with van der Waals surface area (Å²) in [5.74, 6) is -0.574. The molecule has 0 aromatic carbocycles. The van der Waals surface area contributed by atoms with Crippen molar-refractivity contribution in [3.8, 4) is 0 Å². The Kier molecular flexibility index (Phi) is 8.09. The maximum atomic E-state index is 13.0. The molecule has 5 N–H and O–H groups in total. The molecule has 0 radical (unpaired) electrons. The van der Waals surface area contributed by atoms with E-state index in [4.69, 9.17) is 5.11 Å². The van der Waals surface area contributed by atoms with Gasteiger partial charge in [-0.05, 0) is 25.7 Å². The Bertz CT molecular complexity index is 390. The molecular weight excluding hydrogens is 326 g/mol. The first-order chi connectivity index (χ1) is 12.0. The van der Waals surface area contributed by atoms with Gasteiger partial charge >= 0.3 is 0 Å². The quantitative estimate of drug-likeness (QED) is 0.433. The summed E-state index contributed by atoms with van der Waals surface area (Å²) in [4.78, 5) is 14.7. The van der Waals surface area contributed by atoms with Crippen molar-refractivity contribution in [2.24, 2.45) is 0 Å². The van der Waals surface area contributed by atoms with E-state index in [-0.39, 0.29) is 12.1 Å². The zero-order valence-electron chi connectivity index (χ0n) is 14.8. The van der Waals surface area contributed by atoms with E-state index in [9.17, 15) is 25.2 Å². The molecule has 0 aromatic rings. The highest BCUT2D eigenvalue weighted by Gasteiger charge is 2.40. The number of aliphatic hydroxyl groups excluding tert-OH is 5. The maximum absolute atomic E-state index is 13.0. The third kappa shape index (κ3) is 5.14. The van der Waals surface area contributed by atoms with Gasteiger partial charge in [-0.3, -0.25) is 4.79 Å². The van der Waals surface area contributed by atoms with Gasteiger partial charge in [0, 0.05) is 12.1 Å². The van der Waals surface area contributed by atoms with Crippen molar-refractivity contribution < 1.29 is 30.3 Å². The zero-order valence-corrected chi connectivity index (χ0v) is 14.8. The summed E-state index contributed by atoms with van der Waals surface area (Å²) < 4.78 is 0. The largest absolute Gasteiger partial charge is 0.394 e. The van der Waals surface area contributed by atoms with E-state index in [2.05, 4.69) is 0 Å². The highest BCUT2D eigenvalue weighted by Crippen LogP contribution is 2.31. The molecule has 2 aliphatic carbocycles. The molecule has 7 heteroatoms. The first-order valence-corrected chi connectivity index (χ1v) is 9.62. The van der Waals surface area contributed by atoms with Crippen molar-refractivity contribution in [3.63, 3.8) is 0 Å². The van der Waals surface area contributed by atoms with Crippen molar-refractivity contribution >= 4 is 5.91 Å². The molecule has 0 unspecified atom stereocenters. The van der Waals surface area contributed by atoms with Crippen LogP contribution in [0.3, 0.4) is 0 Å². The van der Waals surface area contributed by atoms with Crippen LogP contribution in [-0.4, -0.2) is 79.4 Å². The molecule has 0 aliphatic heterocycles. The fourth-order valence-electron chi connectivity index (χ4n) is 4.20. The van der Waals surface area contributed by atoms with E-state index < -0.39 is 36.9 Å². The molecule has 2 fully saturated rings. The lowest BCUT2D eigenvalue weighted by atomic mass is 9.87. The standard InChI is InChI=1S/C18H33NO6/c20-11-14(21)15(22)16(23)17(24)18(25)19(12-7-3-1-4-8-12)13-9-5-2-6-10-13/h12-17,20-24H,1-11H2/t14-,15-,16+,17+/m1/s1. The van der Waals surface area contributed by atoms with Gasteiger partial charge in [-0.15, -0.1) is 0 Å². The van der Waals surface area contributed by atoms with Gasteiger partial charge in [0.05, 0.1) is 6.61 Å². The average Bonchev–Trinajstić information content (AvgIpc) is 2.67. The summed E-state index contributed by atoms with van der Waals surface area (Å²) in [7, 11) is 0. The number of amides is 1. The number of nitrogens with zero attached hydrogens (tertiary/aromatic N) is 1. The molecule has 1 amide bonds. The van der Waals surface area contributed by atoms with Crippen LogP contribution in [0.4, 0.5) is 0 Å². The van der Waals surface area contributed by atoms with Crippen LogP contribution in [0.2, 0.25) is 0 Å². The van der Waals surface area contributed by atoms with Crippen LogP contribution in [0.15, 0.2) is 0 Å². The van der Waals surface area contributed by atoms with Crippen molar-refractivity contribution in [1.82, 2.24) is 4.90 Å². The second-order valence-corrected chi connectivity index (χ2v) is 7.51. The molecular formula is C18H33NO6. The summed E-state index contributed by atoms with van der Waals surface area (Å²) >= 11 is 0. The number of rotatable bonds is 7. The molecule has 4 atom stereocenters. The summed E-state index contributed by atoms with van der Waals surface area (Å²) in [6, 6.07) is 0.122. The molecule has 0 aromatic heterocycles. The second-order valence-electron chi connectivity index (χ2n) is 7.51. The molecule has 0 heterocycles. The number of hydrogen-bond acceptors (Lipinski definition) is 6. The Morgan fingerprint density at radius 3 is 1.64 bits per heavy atom. The average molecular weight is 359 g/mol. The summed E-state index contributed by atoms with van der Waals surface area (Å²) in [5.41, 5.74) is 0. The van der Waals surface area contributed by atoms with Gasteiger partial charge in [0.25, 0.3) is 5.91 Å². The van der Waals surface area contributed by atoms with Crippen molar-refractivity contribution in [2.45, 2.75) is 101 Å². The molecule has 7 nitrogen and oxygen atoms in total. The molecule has 0 bridgehead atoms. The highest BCUT2D eigenvalue weighted by atomic mass is 16.4. The van der Waals surface area contributed by atoms with Gasteiger partial charge in [0.2, 0.25) is 0 Å².